The van der Waals surface area contributed by atoms with Gasteiger partial charge in [0.2, 0.25) is 0 Å². The molecule has 0 N–H and O–H groups in total. The maximum absolute atomic E-state index is 16.4. The van der Waals surface area contributed by atoms with E-state index in [4.69, 9.17) is 0 Å². The van der Waals surface area contributed by atoms with Crippen molar-refractivity contribution in [2.45, 2.75) is 19.9 Å². The van der Waals surface area contributed by atoms with Crippen LogP contribution in [0.25, 0.3) is 44.2 Å². The van der Waals surface area contributed by atoms with E-state index in [1.54, 1.807) is 23.1 Å². The molecule has 1 nitrogen and oxygen atoms in total. The van der Waals surface area contributed by atoms with E-state index >= 15 is 8.78 Å². The monoisotopic (exact) mass is 525 g/mol. The predicted octanol–water partition coefficient (Wildman–Crippen LogP) is 10.7. The van der Waals surface area contributed by atoms with Crippen LogP contribution in [0.3, 0.4) is 0 Å². The van der Waals surface area contributed by atoms with Gasteiger partial charge in [-0.15, -0.1) is 0 Å². The van der Waals surface area contributed by atoms with E-state index in [1.807, 2.05) is 62.4 Å². The summed E-state index contributed by atoms with van der Waals surface area (Å²) in [4.78, 5) is 1.74. The molecule has 0 fully saturated rings. The van der Waals surface area contributed by atoms with Gasteiger partial charge in [-0.2, -0.15) is 0 Å². The molecule has 0 radical (unpaired) electrons. The summed E-state index contributed by atoms with van der Waals surface area (Å²) in [5.41, 5.74) is 6.04. The molecular formula is C37H29F2N. The molecule has 0 atom stereocenters. The summed E-state index contributed by atoms with van der Waals surface area (Å²) >= 11 is 0. The van der Waals surface area contributed by atoms with Crippen LogP contribution in [0.2, 0.25) is 0 Å². The van der Waals surface area contributed by atoms with Gasteiger partial charge < -0.3 is 4.90 Å². The zero-order chi connectivity index (χ0) is 27.6. The Kier molecular flexibility index (Phi) is 6.88. The van der Waals surface area contributed by atoms with Crippen LogP contribution in [-0.2, 0) is 0 Å². The predicted molar refractivity (Wildman–Crippen MR) is 164 cm³/mol. The highest BCUT2D eigenvalue weighted by molar-refractivity contribution is 5.97. The Morgan fingerprint density at radius 1 is 0.500 bits per heavy atom. The van der Waals surface area contributed by atoms with Crippen LogP contribution < -0.4 is 4.90 Å². The van der Waals surface area contributed by atoms with Gasteiger partial charge in [0.05, 0.1) is 11.4 Å². The maximum atomic E-state index is 16.4. The average Bonchev–Trinajstić information content (AvgIpc) is 2.99. The summed E-state index contributed by atoms with van der Waals surface area (Å²) in [5, 5.41) is 2.40. The molecule has 0 aromatic heterocycles. The molecule has 40 heavy (non-hydrogen) atoms. The quantitative estimate of drug-likeness (QED) is 0.209. The van der Waals surface area contributed by atoms with Gasteiger partial charge in [0, 0.05) is 11.6 Å². The number of nitrogens with zero attached hydrogens (tertiary/aromatic N) is 1. The van der Waals surface area contributed by atoms with Crippen molar-refractivity contribution in [1.29, 1.82) is 0 Å². The van der Waals surface area contributed by atoms with E-state index < -0.39 is 0 Å². The van der Waals surface area contributed by atoms with Crippen molar-refractivity contribution >= 4 is 22.1 Å². The fourth-order valence-electron chi connectivity index (χ4n) is 5.43. The van der Waals surface area contributed by atoms with Gasteiger partial charge >= 0.3 is 0 Å². The van der Waals surface area contributed by atoms with Gasteiger partial charge in [-0.3, -0.25) is 0 Å². The molecule has 6 rings (SSSR count). The van der Waals surface area contributed by atoms with Gasteiger partial charge in [0.25, 0.3) is 0 Å². The van der Waals surface area contributed by atoms with Crippen molar-refractivity contribution in [2.24, 2.45) is 0 Å². The van der Waals surface area contributed by atoms with Crippen LogP contribution in [0.1, 0.15) is 13.8 Å². The fraction of sp³-hybridized carbons (Fsp3) is 0.0811. The highest BCUT2D eigenvalue weighted by atomic mass is 19.1. The first kappa shape index (κ1) is 25.5. The van der Waals surface area contributed by atoms with Gasteiger partial charge in [-0.1, -0.05) is 109 Å². The van der Waals surface area contributed by atoms with Gasteiger partial charge in [-0.25, -0.2) is 8.78 Å². The smallest absolute Gasteiger partial charge is 0.154 e. The summed E-state index contributed by atoms with van der Waals surface area (Å²) in [6.45, 7) is 3.89. The Hall–Kier alpha value is -4.76. The third-order valence-corrected chi connectivity index (χ3v) is 7.35. The van der Waals surface area contributed by atoms with Crippen molar-refractivity contribution in [3.05, 3.63) is 145 Å². The molecule has 0 aliphatic rings. The molecule has 0 spiro atoms. The van der Waals surface area contributed by atoms with Crippen LogP contribution in [0.4, 0.5) is 20.2 Å². The Bertz CT molecular complexity index is 1780. The summed E-state index contributed by atoms with van der Waals surface area (Å²) < 4.78 is 31.4. The van der Waals surface area contributed by atoms with Gasteiger partial charge in [-0.05, 0) is 76.7 Å². The van der Waals surface area contributed by atoms with Crippen molar-refractivity contribution in [3.63, 3.8) is 0 Å². The molecule has 0 saturated carbocycles. The SMILES string of the molecule is CC(C)N(c1ccccc1F)c1cc(-c2ccc(-c3cccc4ccccc34)cc2)cc(-c2ccccc2)c1F. The van der Waals surface area contributed by atoms with Crippen LogP contribution >= 0.6 is 0 Å². The zero-order valence-corrected chi connectivity index (χ0v) is 22.5. The second kappa shape index (κ2) is 10.8. The van der Waals surface area contributed by atoms with Crippen LogP contribution in [0.15, 0.2) is 133 Å². The minimum Gasteiger partial charge on any atom is -0.334 e. The van der Waals surface area contributed by atoms with Crippen molar-refractivity contribution in [3.8, 4) is 33.4 Å². The molecule has 0 heterocycles. The normalized spacial score (nSPS) is 11.2. The third-order valence-electron chi connectivity index (χ3n) is 7.35. The number of fused-ring (bicyclic) bond motifs is 1. The number of benzene rings is 6. The average molecular weight is 526 g/mol. The number of rotatable bonds is 6. The van der Waals surface area contributed by atoms with Gasteiger partial charge in [0.15, 0.2) is 5.82 Å². The second-order valence-electron chi connectivity index (χ2n) is 10.2. The first-order chi connectivity index (χ1) is 19.5. The fourth-order valence-corrected chi connectivity index (χ4v) is 5.43. The number of halogens is 2. The zero-order valence-electron chi connectivity index (χ0n) is 22.5. The molecule has 0 bridgehead atoms. The molecule has 6 aromatic rings. The highest BCUT2D eigenvalue weighted by Gasteiger charge is 2.23. The molecule has 0 aliphatic carbocycles. The van der Waals surface area contributed by atoms with Crippen LogP contribution in [-0.4, -0.2) is 6.04 Å². The molecular weight excluding hydrogens is 496 g/mol. The van der Waals surface area contributed by atoms with E-state index in [2.05, 4.69) is 60.7 Å². The Morgan fingerprint density at radius 2 is 1.12 bits per heavy atom. The largest absolute Gasteiger partial charge is 0.334 e. The maximum Gasteiger partial charge on any atom is 0.154 e. The topological polar surface area (TPSA) is 3.24 Å². The lowest BCUT2D eigenvalue weighted by molar-refractivity contribution is 0.604. The molecule has 196 valence electrons. The minimum absolute atomic E-state index is 0.181. The van der Waals surface area contributed by atoms with E-state index in [1.165, 1.54) is 22.4 Å². The minimum atomic E-state index is -0.387. The van der Waals surface area contributed by atoms with Crippen molar-refractivity contribution < 1.29 is 8.78 Å². The molecule has 0 aliphatic heterocycles. The number of anilines is 2. The summed E-state index contributed by atoms with van der Waals surface area (Å²) in [6, 6.07) is 42.7. The Balaban J connectivity index is 1.51. The summed E-state index contributed by atoms with van der Waals surface area (Å²) in [7, 11) is 0. The van der Waals surface area contributed by atoms with E-state index in [-0.39, 0.29) is 17.7 Å². The summed E-state index contributed by atoms with van der Waals surface area (Å²) in [5.74, 6) is -0.763. The number of hydrogen-bond donors (Lipinski definition) is 0. The Labute approximate surface area is 234 Å². The van der Waals surface area contributed by atoms with Gasteiger partial charge in [0.1, 0.15) is 5.82 Å². The van der Waals surface area contributed by atoms with Crippen molar-refractivity contribution in [2.75, 3.05) is 4.90 Å². The van der Waals surface area contributed by atoms with Crippen LogP contribution in [0.5, 0.6) is 0 Å². The van der Waals surface area contributed by atoms with E-state index in [0.717, 1.165) is 22.3 Å². The highest BCUT2D eigenvalue weighted by Crippen LogP contribution is 2.40. The van der Waals surface area contributed by atoms with E-state index in [9.17, 15) is 0 Å². The second-order valence-corrected chi connectivity index (χ2v) is 10.2. The summed E-state index contributed by atoms with van der Waals surface area (Å²) in [6.07, 6.45) is 0. The van der Waals surface area contributed by atoms with Crippen molar-refractivity contribution in [1.82, 2.24) is 0 Å². The standard InChI is InChI=1S/C37H29F2N/c1-25(2)40(35-18-9-8-17-34(35)38)36-24-30(23-33(37(36)39)28-11-4-3-5-12-28)26-19-21-29(22-20-26)32-16-10-14-27-13-6-7-15-31(27)32/h3-25H,1-2H3. The Morgan fingerprint density at radius 3 is 1.88 bits per heavy atom. The molecule has 0 saturated heterocycles. The lowest BCUT2D eigenvalue weighted by atomic mass is 9.94. The lowest BCUT2D eigenvalue weighted by Gasteiger charge is -2.31. The molecule has 6 aromatic carbocycles. The van der Waals surface area contributed by atoms with E-state index in [0.29, 0.717) is 16.9 Å². The first-order valence-electron chi connectivity index (χ1n) is 13.5. The molecule has 0 amide bonds. The third kappa shape index (κ3) is 4.76. The molecule has 0 unspecified atom stereocenters. The van der Waals surface area contributed by atoms with Crippen LogP contribution in [0, 0.1) is 11.6 Å². The molecule has 3 heteroatoms. The first-order valence-corrected chi connectivity index (χ1v) is 13.5. The number of para-hydroxylation sites is 1. The lowest BCUT2D eigenvalue weighted by Crippen LogP contribution is -2.27. The number of hydrogen-bond acceptors (Lipinski definition) is 1.